The van der Waals surface area contributed by atoms with Gasteiger partial charge in [0.15, 0.2) is 0 Å². The van der Waals surface area contributed by atoms with Crippen molar-refractivity contribution in [2.45, 2.75) is 31.2 Å². The standard InChI is InChI=1S/C26H26N2OS/c29-25(16-28-11-9-24-17(15-28)10-12-30-24)27-14-18-13-23-19-5-1-3-7-21(19)26(18)22-8-4-2-6-20(22)23/h1-8,10,12,18,23,26H,9,11,13-16H2,(H,27,29). The van der Waals surface area contributed by atoms with Crippen molar-refractivity contribution in [3.8, 4) is 0 Å². The molecule has 7 rings (SSSR count). The minimum Gasteiger partial charge on any atom is -0.355 e. The zero-order valence-corrected chi connectivity index (χ0v) is 17.8. The number of benzene rings is 2. The fourth-order valence-electron chi connectivity index (χ4n) is 5.91. The van der Waals surface area contributed by atoms with Crippen LogP contribution in [0.25, 0.3) is 0 Å². The Labute approximate surface area is 181 Å². The molecule has 1 aromatic heterocycles. The fraction of sp³-hybridized carbons (Fsp3) is 0.346. The summed E-state index contributed by atoms with van der Waals surface area (Å²) in [5.41, 5.74) is 7.31. The van der Waals surface area contributed by atoms with Gasteiger partial charge in [-0.25, -0.2) is 0 Å². The Hall–Kier alpha value is -2.43. The summed E-state index contributed by atoms with van der Waals surface area (Å²) in [7, 11) is 0. The summed E-state index contributed by atoms with van der Waals surface area (Å²) in [6.45, 7) is 3.15. The normalized spacial score (nSPS) is 24.1. The van der Waals surface area contributed by atoms with Crippen molar-refractivity contribution in [1.82, 2.24) is 10.2 Å². The number of amides is 1. The zero-order valence-electron chi connectivity index (χ0n) is 17.0. The molecule has 0 spiro atoms. The summed E-state index contributed by atoms with van der Waals surface area (Å²) in [6.07, 6.45) is 2.20. The molecule has 3 nitrogen and oxygen atoms in total. The van der Waals surface area contributed by atoms with Crippen LogP contribution >= 0.6 is 11.3 Å². The number of nitrogens with zero attached hydrogens (tertiary/aromatic N) is 1. The molecule has 1 amide bonds. The molecule has 1 N–H and O–H groups in total. The number of carbonyl (C=O) groups excluding carboxylic acids is 1. The van der Waals surface area contributed by atoms with E-state index >= 15 is 0 Å². The molecule has 30 heavy (non-hydrogen) atoms. The van der Waals surface area contributed by atoms with E-state index in [2.05, 4.69) is 70.2 Å². The molecule has 4 aliphatic rings. The van der Waals surface area contributed by atoms with Crippen LogP contribution in [-0.2, 0) is 17.8 Å². The molecule has 3 aromatic rings. The molecular weight excluding hydrogens is 388 g/mol. The maximum Gasteiger partial charge on any atom is 0.234 e. The first-order valence-corrected chi connectivity index (χ1v) is 11.9. The van der Waals surface area contributed by atoms with Gasteiger partial charge in [-0.2, -0.15) is 0 Å². The number of carbonyl (C=O) groups is 1. The number of nitrogens with one attached hydrogen (secondary N) is 1. The Morgan fingerprint density at radius 3 is 2.43 bits per heavy atom. The predicted molar refractivity (Wildman–Crippen MR) is 121 cm³/mol. The SMILES string of the molecule is O=C(CN1CCc2sccc2C1)NCC1CC2c3ccccc3C1c1ccccc12. The molecule has 1 unspecified atom stereocenters. The van der Waals surface area contributed by atoms with Gasteiger partial charge in [-0.1, -0.05) is 48.5 Å². The minimum absolute atomic E-state index is 0.164. The summed E-state index contributed by atoms with van der Waals surface area (Å²) < 4.78 is 0. The molecule has 2 heterocycles. The quantitative estimate of drug-likeness (QED) is 0.681. The van der Waals surface area contributed by atoms with Gasteiger partial charge in [-0.3, -0.25) is 9.69 Å². The van der Waals surface area contributed by atoms with Gasteiger partial charge in [0.2, 0.25) is 5.91 Å². The molecule has 1 aliphatic heterocycles. The summed E-state index contributed by atoms with van der Waals surface area (Å²) in [4.78, 5) is 16.5. The highest BCUT2D eigenvalue weighted by Gasteiger charge is 2.42. The van der Waals surface area contributed by atoms with Gasteiger partial charge in [0.25, 0.3) is 0 Å². The summed E-state index contributed by atoms with van der Waals surface area (Å²) in [5.74, 6) is 1.49. The maximum absolute atomic E-state index is 12.8. The minimum atomic E-state index is 0.164. The topological polar surface area (TPSA) is 32.3 Å². The van der Waals surface area contributed by atoms with Gasteiger partial charge in [0, 0.05) is 36.3 Å². The van der Waals surface area contributed by atoms with E-state index in [4.69, 9.17) is 0 Å². The smallest absolute Gasteiger partial charge is 0.234 e. The largest absolute Gasteiger partial charge is 0.355 e. The van der Waals surface area contributed by atoms with Gasteiger partial charge >= 0.3 is 0 Å². The first-order chi connectivity index (χ1) is 14.8. The van der Waals surface area contributed by atoms with Gasteiger partial charge < -0.3 is 5.32 Å². The van der Waals surface area contributed by atoms with Crippen molar-refractivity contribution in [2.75, 3.05) is 19.6 Å². The predicted octanol–water partition coefficient (Wildman–Crippen LogP) is 4.52. The Bertz CT molecular complexity index is 1060. The average molecular weight is 415 g/mol. The third-order valence-corrected chi connectivity index (χ3v) is 8.26. The van der Waals surface area contributed by atoms with Crippen molar-refractivity contribution >= 4 is 17.2 Å². The first-order valence-electron chi connectivity index (χ1n) is 11.0. The summed E-state index contributed by atoms with van der Waals surface area (Å²) >= 11 is 1.84. The highest BCUT2D eigenvalue weighted by Crippen LogP contribution is 2.55. The molecule has 0 fully saturated rings. The van der Waals surface area contributed by atoms with Crippen LogP contribution < -0.4 is 5.32 Å². The second kappa shape index (κ2) is 7.36. The molecular formula is C26H26N2OS. The highest BCUT2D eigenvalue weighted by molar-refractivity contribution is 7.10. The van der Waals surface area contributed by atoms with Crippen LogP contribution in [0.4, 0.5) is 0 Å². The van der Waals surface area contributed by atoms with E-state index in [1.165, 1.54) is 32.7 Å². The van der Waals surface area contributed by atoms with Gasteiger partial charge in [0.1, 0.15) is 0 Å². The lowest BCUT2D eigenvalue weighted by molar-refractivity contribution is -0.122. The van der Waals surface area contributed by atoms with Crippen LogP contribution in [0.3, 0.4) is 0 Å². The van der Waals surface area contributed by atoms with Crippen molar-refractivity contribution in [3.05, 3.63) is 92.7 Å². The highest BCUT2D eigenvalue weighted by atomic mass is 32.1. The molecule has 1 atom stereocenters. The van der Waals surface area contributed by atoms with E-state index in [0.717, 1.165) is 32.5 Å². The summed E-state index contributed by atoms with van der Waals surface area (Å²) in [5, 5.41) is 5.45. The Morgan fingerprint density at radius 2 is 1.70 bits per heavy atom. The van der Waals surface area contributed by atoms with E-state index in [-0.39, 0.29) is 5.91 Å². The number of thiophene rings is 1. The van der Waals surface area contributed by atoms with E-state index in [9.17, 15) is 4.79 Å². The molecule has 0 saturated carbocycles. The number of hydrogen-bond donors (Lipinski definition) is 1. The molecule has 2 aromatic carbocycles. The molecule has 2 bridgehead atoms. The number of hydrogen-bond acceptors (Lipinski definition) is 3. The lowest BCUT2D eigenvalue weighted by atomic mass is 9.59. The monoisotopic (exact) mass is 414 g/mol. The molecule has 0 saturated heterocycles. The Kier molecular flexibility index (Phi) is 4.50. The zero-order chi connectivity index (χ0) is 20.1. The molecule has 4 heteroatoms. The van der Waals surface area contributed by atoms with Crippen LogP contribution in [0.2, 0.25) is 0 Å². The summed E-state index contributed by atoms with van der Waals surface area (Å²) in [6, 6.07) is 20.0. The first kappa shape index (κ1) is 18.3. The van der Waals surface area contributed by atoms with Crippen LogP contribution in [0.15, 0.2) is 60.0 Å². The maximum atomic E-state index is 12.8. The lowest BCUT2D eigenvalue weighted by Gasteiger charge is -2.45. The van der Waals surface area contributed by atoms with Crippen LogP contribution in [0, 0.1) is 5.92 Å². The van der Waals surface area contributed by atoms with E-state index in [0.29, 0.717) is 24.3 Å². The third-order valence-electron chi connectivity index (χ3n) is 7.24. The van der Waals surface area contributed by atoms with E-state index < -0.39 is 0 Å². The van der Waals surface area contributed by atoms with Gasteiger partial charge in [0.05, 0.1) is 6.54 Å². The van der Waals surface area contributed by atoms with Crippen molar-refractivity contribution in [1.29, 1.82) is 0 Å². The number of rotatable bonds is 4. The Balaban J connectivity index is 1.16. The average Bonchev–Trinajstić information content (AvgIpc) is 3.26. The molecule has 3 aliphatic carbocycles. The van der Waals surface area contributed by atoms with E-state index in [1.54, 1.807) is 0 Å². The van der Waals surface area contributed by atoms with Crippen molar-refractivity contribution in [2.24, 2.45) is 5.92 Å². The van der Waals surface area contributed by atoms with Crippen molar-refractivity contribution in [3.63, 3.8) is 0 Å². The van der Waals surface area contributed by atoms with Gasteiger partial charge in [-0.05, 0) is 58.0 Å². The van der Waals surface area contributed by atoms with Crippen molar-refractivity contribution < 1.29 is 4.79 Å². The molecule has 0 radical (unpaired) electrons. The van der Waals surface area contributed by atoms with E-state index in [1.807, 2.05) is 11.3 Å². The number of fused-ring (bicyclic) bond motifs is 2. The van der Waals surface area contributed by atoms with Crippen LogP contribution in [0.1, 0.15) is 51.0 Å². The lowest BCUT2D eigenvalue weighted by Crippen LogP contribution is -2.43. The second-order valence-electron chi connectivity index (χ2n) is 8.92. The van der Waals surface area contributed by atoms with Crippen LogP contribution in [-0.4, -0.2) is 30.4 Å². The van der Waals surface area contributed by atoms with Crippen LogP contribution in [0.5, 0.6) is 0 Å². The fourth-order valence-corrected chi connectivity index (χ4v) is 6.80. The third kappa shape index (κ3) is 3.01. The van der Waals surface area contributed by atoms with Gasteiger partial charge in [-0.15, -0.1) is 11.3 Å². The second-order valence-corrected chi connectivity index (χ2v) is 9.92. The molecule has 152 valence electrons. The Morgan fingerprint density at radius 1 is 1.00 bits per heavy atom.